The molecule has 0 radical (unpaired) electrons. The Bertz CT molecular complexity index is 1100. The van der Waals surface area contributed by atoms with E-state index in [4.69, 9.17) is 0 Å². The average molecular weight is 491 g/mol. The van der Waals surface area contributed by atoms with Crippen LogP contribution in [0.25, 0.3) is 10.2 Å². The van der Waals surface area contributed by atoms with Crippen LogP contribution in [0.1, 0.15) is 37.0 Å². The fourth-order valence-electron chi connectivity index (χ4n) is 3.70. The number of likely N-dealkylation sites (tertiary alicyclic amines) is 1. The van der Waals surface area contributed by atoms with E-state index in [0.717, 1.165) is 41.3 Å². The number of anilines is 2. The van der Waals surface area contributed by atoms with Gasteiger partial charge in [-0.3, -0.25) is 4.79 Å². The summed E-state index contributed by atoms with van der Waals surface area (Å²) in [5.41, 5.74) is 1.57. The number of piperidine rings is 1. The highest BCUT2D eigenvalue weighted by molar-refractivity contribution is 7.22. The molecule has 34 heavy (non-hydrogen) atoms. The van der Waals surface area contributed by atoms with E-state index in [9.17, 15) is 13.6 Å². The van der Waals surface area contributed by atoms with Gasteiger partial charge in [0.1, 0.15) is 0 Å². The lowest BCUT2D eigenvalue weighted by atomic mass is 9.98. The molecule has 2 N–H and O–H groups in total. The molecule has 11 heteroatoms. The van der Waals surface area contributed by atoms with Crippen LogP contribution in [0, 0.1) is 11.8 Å². The number of halogens is 2. The smallest absolute Gasteiger partial charge is 0.387 e. The van der Waals surface area contributed by atoms with Gasteiger partial charge in [0, 0.05) is 31.7 Å². The molecule has 8 nitrogen and oxygen atoms in total. The highest BCUT2D eigenvalue weighted by atomic mass is 32.1. The molecule has 1 aliphatic heterocycles. The lowest BCUT2D eigenvalue weighted by molar-refractivity contribution is -0.0503. The number of thiazole rings is 1. The fourth-order valence-corrected chi connectivity index (χ4v) is 4.61. The zero-order chi connectivity index (χ0) is 24.1. The van der Waals surface area contributed by atoms with Crippen molar-refractivity contribution in [2.75, 3.05) is 36.8 Å². The largest absolute Gasteiger partial charge is 0.432 e. The first kappa shape index (κ1) is 24.1. The van der Waals surface area contributed by atoms with Gasteiger partial charge in [0.05, 0.1) is 22.6 Å². The molecule has 1 amide bonds. The number of rotatable bonds is 9. The third-order valence-electron chi connectivity index (χ3n) is 5.77. The SMILES string of the molecule is CC1CCN(C(=O)c2ccc3nc(NCC(C)CNc4ncc(OC(F)F)cn4)sc3c2)CC1. The lowest BCUT2D eigenvalue weighted by Crippen LogP contribution is -2.37. The molecule has 0 saturated carbocycles. The van der Waals surface area contributed by atoms with Crippen LogP contribution in [0.5, 0.6) is 5.75 Å². The molecule has 0 aliphatic carbocycles. The van der Waals surface area contributed by atoms with Crippen molar-refractivity contribution >= 4 is 38.5 Å². The molecule has 1 fully saturated rings. The number of benzene rings is 1. The van der Waals surface area contributed by atoms with E-state index in [1.54, 1.807) is 0 Å². The summed E-state index contributed by atoms with van der Waals surface area (Å²) in [6, 6.07) is 5.69. The summed E-state index contributed by atoms with van der Waals surface area (Å²) in [7, 11) is 0. The lowest BCUT2D eigenvalue weighted by Gasteiger charge is -2.30. The minimum atomic E-state index is -2.90. The van der Waals surface area contributed by atoms with Crippen molar-refractivity contribution in [2.24, 2.45) is 11.8 Å². The molecule has 2 aromatic heterocycles. The van der Waals surface area contributed by atoms with Crippen LogP contribution in [-0.4, -0.2) is 58.5 Å². The van der Waals surface area contributed by atoms with Crippen LogP contribution in [0.15, 0.2) is 30.6 Å². The monoisotopic (exact) mass is 490 g/mol. The molecule has 4 rings (SSSR count). The number of carbonyl (C=O) groups is 1. The van der Waals surface area contributed by atoms with Gasteiger partial charge in [-0.1, -0.05) is 25.2 Å². The van der Waals surface area contributed by atoms with Crippen molar-refractivity contribution in [3.05, 3.63) is 36.2 Å². The van der Waals surface area contributed by atoms with Gasteiger partial charge < -0.3 is 20.3 Å². The first-order chi connectivity index (χ1) is 16.4. The number of aromatic nitrogens is 3. The van der Waals surface area contributed by atoms with Crippen molar-refractivity contribution in [1.29, 1.82) is 0 Å². The third-order valence-corrected chi connectivity index (χ3v) is 6.75. The number of nitrogens with one attached hydrogen (secondary N) is 2. The standard InChI is InChI=1S/C23H28F2N6O2S/c1-14-5-7-31(8-6-14)20(32)16-3-4-18-19(9-16)34-23(30-18)29-11-15(2)10-26-22-27-12-17(13-28-22)33-21(24)25/h3-4,9,12-15,21H,5-8,10-11H2,1-2H3,(H,29,30)(H,26,27,28). The second-order valence-corrected chi connectivity index (χ2v) is 9.69. The van der Waals surface area contributed by atoms with Crippen LogP contribution in [0.4, 0.5) is 19.9 Å². The van der Waals surface area contributed by atoms with Gasteiger partial charge in [-0.15, -0.1) is 0 Å². The van der Waals surface area contributed by atoms with Crippen molar-refractivity contribution in [3.63, 3.8) is 0 Å². The van der Waals surface area contributed by atoms with E-state index in [1.807, 2.05) is 23.1 Å². The van der Waals surface area contributed by atoms with Crippen molar-refractivity contribution in [1.82, 2.24) is 19.9 Å². The average Bonchev–Trinajstić information content (AvgIpc) is 3.24. The zero-order valence-electron chi connectivity index (χ0n) is 19.1. The van der Waals surface area contributed by atoms with Crippen LogP contribution >= 0.6 is 11.3 Å². The Hall–Kier alpha value is -3.08. The molecule has 3 heterocycles. The Balaban J connectivity index is 1.28. The molecular weight excluding hydrogens is 462 g/mol. The Labute approximate surface area is 200 Å². The number of ether oxygens (including phenoxy) is 1. The molecule has 182 valence electrons. The molecule has 1 aromatic carbocycles. The summed E-state index contributed by atoms with van der Waals surface area (Å²) >= 11 is 1.53. The van der Waals surface area contributed by atoms with E-state index < -0.39 is 6.61 Å². The number of carbonyl (C=O) groups excluding carboxylic acids is 1. The second-order valence-electron chi connectivity index (χ2n) is 8.66. The van der Waals surface area contributed by atoms with Crippen molar-refractivity contribution in [3.8, 4) is 5.75 Å². The zero-order valence-corrected chi connectivity index (χ0v) is 19.9. The Morgan fingerprint density at radius 1 is 1.21 bits per heavy atom. The van der Waals surface area contributed by atoms with Crippen LogP contribution in [0.3, 0.4) is 0 Å². The van der Waals surface area contributed by atoms with E-state index in [-0.39, 0.29) is 17.6 Å². The molecule has 0 spiro atoms. The van der Waals surface area contributed by atoms with Crippen LogP contribution < -0.4 is 15.4 Å². The summed E-state index contributed by atoms with van der Waals surface area (Å²) in [5, 5.41) is 7.22. The maximum atomic E-state index is 12.9. The number of amides is 1. The maximum Gasteiger partial charge on any atom is 0.387 e. The second kappa shape index (κ2) is 10.9. The summed E-state index contributed by atoms with van der Waals surface area (Å²) in [6.07, 6.45) is 4.52. The first-order valence-electron chi connectivity index (χ1n) is 11.3. The fraction of sp³-hybridized carbons (Fsp3) is 0.478. The predicted octanol–water partition coefficient (Wildman–Crippen LogP) is 4.72. The Morgan fingerprint density at radius 2 is 1.91 bits per heavy atom. The first-order valence-corrected chi connectivity index (χ1v) is 12.1. The van der Waals surface area contributed by atoms with Gasteiger partial charge in [0.25, 0.3) is 5.91 Å². The van der Waals surface area contributed by atoms with Crippen LogP contribution in [-0.2, 0) is 0 Å². The number of hydrogen-bond donors (Lipinski definition) is 2. The third kappa shape index (κ3) is 6.28. The maximum absolute atomic E-state index is 12.9. The van der Waals surface area contributed by atoms with E-state index in [2.05, 4.69) is 44.2 Å². The van der Waals surface area contributed by atoms with Gasteiger partial charge in [-0.25, -0.2) is 15.0 Å². The summed E-state index contributed by atoms with van der Waals surface area (Å²) in [6.45, 7) is 4.27. The predicted molar refractivity (Wildman–Crippen MR) is 129 cm³/mol. The molecule has 1 saturated heterocycles. The van der Waals surface area contributed by atoms with Crippen molar-refractivity contribution < 1.29 is 18.3 Å². The van der Waals surface area contributed by atoms with Crippen LogP contribution in [0.2, 0.25) is 0 Å². The molecule has 1 atom stereocenters. The van der Waals surface area contributed by atoms with Gasteiger partial charge >= 0.3 is 6.61 Å². The van der Waals surface area contributed by atoms with E-state index in [1.165, 1.54) is 23.7 Å². The highest BCUT2D eigenvalue weighted by Crippen LogP contribution is 2.28. The Morgan fingerprint density at radius 3 is 2.62 bits per heavy atom. The molecule has 1 aliphatic rings. The molecular formula is C23H28F2N6O2S. The van der Waals surface area contributed by atoms with Gasteiger partial charge in [-0.2, -0.15) is 8.78 Å². The van der Waals surface area contributed by atoms with Gasteiger partial charge in [-0.05, 0) is 42.9 Å². The van der Waals surface area contributed by atoms with Crippen molar-refractivity contribution in [2.45, 2.75) is 33.3 Å². The normalized spacial score (nSPS) is 15.5. The topological polar surface area (TPSA) is 92.3 Å². The minimum Gasteiger partial charge on any atom is -0.432 e. The quantitative estimate of drug-likeness (QED) is 0.448. The number of fused-ring (bicyclic) bond motifs is 1. The highest BCUT2D eigenvalue weighted by Gasteiger charge is 2.22. The number of hydrogen-bond acceptors (Lipinski definition) is 8. The van der Waals surface area contributed by atoms with E-state index >= 15 is 0 Å². The molecule has 1 unspecified atom stereocenters. The summed E-state index contributed by atoms with van der Waals surface area (Å²) in [5.74, 6) is 1.24. The van der Waals surface area contributed by atoms with Gasteiger partial charge in [0.2, 0.25) is 5.95 Å². The summed E-state index contributed by atoms with van der Waals surface area (Å²) < 4.78 is 29.6. The minimum absolute atomic E-state index is 0.0820. The number of alkyl halides is 2. The van der Waals surface area contributed by atoms with E-state index in [0.29, 0.717) is 30.5 Å². The summed E-state index contributed by atoms with van der Waals surface area (Å²) in [4.78, 5) is 27.4. The van der Waals surface area contributed by atoms with Gasteiger partial charge in [0.15, 0.2) is 10.9 Å². The molecule has 0 bridgehead atoms. The Kier molecular flexibility index (Phi) is 7.71. The molecule has 3 aromatic rings. The number of nitrogens with zero attached hydrogens (tertiary/aromatic N) is 4.